The zero-order valence-corrected chi connectivity index (χ0v) is 16.1. The highest BCUT2D eigenvalue weighted by molar-refractivity contribution is 6.26. The van der Waals surface area contributed by atoms with Crippen LogP contribution in [-0.4, -0.2) is 41.0 Å². The molecule has 134 valence electrons. The van der Waals surface area contributed by atoms with E-state index in [1.807, 2.05) is 13.0 Å². The molecule has 0 aromatic heterocycles. The molecule has 6 heteroatoms. The van der Waals surface area contributed by atoms with Crippen LogP contribution in [0.4, 0.5) is 0 Å². The lowest BCUT2D eigenvalue weighted by Gasteiger charge is -2.14. The standard InChI is InChI=1S/C19H24O5Si/c1-3-24-25-13-7-12-23-19-16(22-2)11-10-15(18(19)21)17(20)14-8-5-4-6-9-14/h4-6,8-11,21H,3,7,12-13,25H2,1-2H3. The van der Waals surface area contributed by atoms with Gasteiger partial charge < -0.3 is 19.0 Å². The third kappa shape index (κ3) is 5.08. The third-order valence-corrected chi connectivity index (χ3v) is 5.22. The van der Waals surface area contributed by atoms with Crippen molar-refractivity contribution in [1.29, 1.82) is 0 Å². The van der Waals surface area contributed by atoms with Gasteiger partial charge in [0, 0.05) is 12.2 Å². The summed E-state index contributed by atoms with van der Waals surface area (Å²) in [5, 5.41) is 10.5. The fraction of sp³-hybridized carbons (Fsp3) is 0.316. The highest BCUT2D eigenvalue weighted by Gasteiger charge is 2.20. The Morgan fingerprint density at radius 2 is 1.92 bits per heavy atom. The summed E-state index contributed by atoms with van der Waals surface area (Å²) in [6.07, 6.45) is 0.839. The molecule has 0 amide bonds. The van der Waals surface area contributed by atoms with Crippen molar-refractivity contribution >= 4 is 15.5 Å². The highest BCUT2D eigenvalue weighted by Crippen LogP contribution is 2.40. The molecule has 0 saturated carbocycles. The van der Waals surface area contributed by atoms with Crippen LogP contribution in [0.3, 0.4) is 0 Å². The topological polar surface area (TPSA) is 65.0 Å². The quantitative estimate of drug-likeness (QED) is 0.401. The Hall–Kier alpha value is -2.31. The lowest BCUT2D eigenvalue weighted by molar-refractivity contribution is 0.103. The number of benzene rings is 2. The number of carbonyl (C=O) groups is 1. The molecule has 0 unspecified atom stereocenters. The van der Waals surface area contributed by atoms with E-state index in [2.05, 4.69) is 0 Å². The van der Waals surface area contributed by atoms with Gasteiger partial charge in [0.15, 0.2) is 27.0 Å². The minimum atomic E-state index is -0.497. The van der Waals surface area contributed by atoms with Crippen molar-refractivity contribution in [2.24, 2.45) is 0 Å². The molecular weight excluding hydrogens is 336 g/mol. The van der Waals surface area contributed by atoms with Crippen LogP contribution in [0.2, 0.25) is 6.04 Å². The highest BCUT2D eigenvalue weighted by atomic mass is 28.2. The zero-order valence-electron chi connectivity index (χ0n) is 14.7. The van der Waals surface area contributed by atoms with Crippen molar-refractivity contribution < 1.29 is 23.8 Å². The number of phenols is 1. The van der Waals surface area contributed by atoms with Gasteiger partial charge in [0.05, 0.1) is 19.3 Å². The predicted molar refractivity (Wildman–Crippen MR) is 99.6 cm³/mol. The Kier molecular flexibility index (Phi) is 7.50. The third-order valence-electron chi connectivity index (χ3n) is 3.73. The summed E-state index contributed by atoms with van der Waals surface area (Å²) in [5.74, 6) is 0.177. The Labute approximate surface area is 150 Å². The van der Waals surface area contributed by atoms with E-state index in [4.69, 9.17) is 13.9 Å². The second-order valence-corrected chi connectivity index (χ2v) is 6.96. The number of ketones is 1. The van der Waals surface area contributed by atoms with E-state index < -0.39 is 9.76 Å². The number of carbonyl (C=O) groups excluding carboxylic acids is 1. The van der Waals surface area contributed by atoms with Gasteiger partial charge >= 0.3 is 0 Å². The number of hydrogen-bond donors (Lipinski definition) is 1. The number of rotatable bonds is 10. The molecule has 0 heterocycles. The molecule has 0 radical (unpaired) electrons. The van der Waals surface area contributed by atoms with E-state index in [9.17, 15) is 9.90 Å². The summed E-state index contributed by atoms with van der Waals surface area (Å²) in [6.45, 7) is 3.18. The van der Waals surface area contributed by atoms with Crippen molar-refractivity contribution in [3.8, 4) is 17.2 Å². The molecule has 5 nitrogen and oxygen atoms in total. The fourth-order valence-electron chi connectivity index (χ4n) is 2.41. The second kappa shape index (κ2) is 9.86. The Bertz CT molecular complexity index is 688. The summed E-state index contributed by atoms with van der Waals surface area (Å²) in [5.41, 5.74) is 0.710. The molecule has 2 rings (SSSR count). The summed E-state index contributed by atoms with van der Waals surface area (Å²) in [7, 11) is 1.01. The fourth-order valence-corrected chi connectivity index (χ4v) is 3.31. The first-order valence-corrected chi connectivity index (χ1v) is 9.97. The average molecular weight is 360 g/mol. The van der Waals surface area contributed by atoms with Gasteiger partial charge in [-0.2, -0.15) is 0 Å². The van der Waals surface area contributed by atoms with Gasteiger partial charge in [-0.15, -0.1) is 0 Å². The first kappa shape index (κ1) is 19.0. The molecule has 0 aliphatic rings. The monoisotopic (exact) mass is 360 g/mol. The van der Waals surface area contributed by atoms with E-state index in [1.54, 1.807) is 36.4 Å². The number of ether oxygens (including phenoxy) is 2. The van der Waals surface area contributed by atoms with Crippen molar-refractivity contribution in [1.82, 2.24) is 0 Å². The second-order valence-electron chi connectivity index (χ2n) is 5.44. The molecule has 0 spiro atoms. The molecule has 0 bridgehead atoms. The van der Waals surface area contributed by atoms with Crippen molar-refractivity contribution in [3.63, 3.8) is 0 Å². The number of hydrogen-bond acceptors (Lipinski definition) is 5. The van der Waals surface area contributed by atoms with Crippen molar-refractivity contribution in [3.05, 3.63) is 53.6 Å². The Balaban J connectivity index is 2.14. The van der Waals surface area contributed by atoms with Crippen LogP contribution in [0.5, 0.6) is 17.2 Å². The van der Waals surface area contributed by atoms with E-state index in [1.165, 1.54) is 7.11 Å². The average Bonchev–Trinajstić information content (AvgIpc) is 2.65. The summed E-state index contributed by atoms with van der Waals surface area (Å²) < 4.78 is 16.4. The van der Waals surface area contributed by atoms with Crippen LogP contribution in [0.25, 0.3) is 0 Å². The smallest absolute Gasteiger partial charge is 0.204 e. The molecule has 0 aliphatic carbocycles. The largest absolute Gasteiger partial charge is 0.504 e. The van der Waals surface area contributed by atoms with Gasteiger partial charge in [0.2, 0.25) is 5.75 Å². The predicted octanol–water partition coefficient (Wildman–Crippen LogP) is 2.94. The van der Waals surface area contributed by atoms with Gasteiger partial charge in [0.25, 0.3) is 0 Å². The van der Waals surface area contributed by atoms with Gasteiger partial charge in [-0.1, -0.05) is 30.3 Å². The Morgan fingerprint density at radius 3 is 2.60 bits per heavy atom. The van der Waals surface area contributed by atoms with Gasteiger partial charge in [-0.25, -0.2) is 0 Å². The van der Waals surface area contributed by atoms with Crippen LogP contribution in [0, 0.1) is 0 Å². The van der Waals surface area contributed by atoms with E-state index in [0.717, 1.165) is 19.1 Å². The molecule has 0 aliphatic heterocycles. The van der Waals surface area contributed by atoms with Gasteiger partial charge in [-0.3, -0.25) is 4.79 Å². The SMILES string of the molecule is CCO[SiH2]CCCOc1c(OC)ccc(C(=O)c2ccccc2)c1O. The first-order valence-electron chi connectivity index (χ1n) is 8.39. The molecule has 2 aromatic rings. The number of methoxy groups -OCH3 is 1. The molecule has 2 aromatic carbocycles. The zero-order chi connectivity index (χ0) is 18.1. The summed E-state index contributed by atoms with van der Waals surface area (Å²) in [6, 6.07) is 13.0. The van der Waals surface area contributed by atoms with Crippen molar-refractivity contribution in [2.75, 3.05) is 20.3 Å². The molecule has 1 N–H and O–H groups in total. The minimum Gasteiger partial charge on any atom is -0.504 e. The van der Waals surface area contributed by atoms with Crippen LogP contribution >= 0.6 is 0 Å². The van der Waals surface area contributed by atoms with E-state index in [0.29, 0.717) is 17.9 Å². The van der Waals surface area contributed by atoms with Crippen molar-refractivity contribution in [2.45, 2.75) is 19.4 Å². The lowest BCUT2D eigenvalue weighted by Crippen LogP contribution is -2.06. The maximum Gasteiger partial charge on any atom is 0.204 e. The molecular formula is C19H24O5Si. The molecule has 0 fully saturated rings. The van der Waals surface area contributed by atoms with Crippen LogP contribution in [0.15, 0.2) is 42.5 Å². The summed E-state index contributed by atoms with van der Waals surface area (Å²) in [4.78, 5) is 12.6. The lowest BCUT2D eigenvalue weighted by atomic mass is 10.0. The minimum absolute atomic E-state index is 0.185. The molecule has 25 heavy (non-hydrogen) atoms. The Morgan fingerprint density at radius 1 is 1.16 bits per heavy atom. The van der Waals surface area contributed by atoms with E-state index >= 15 is 0 Å². The van der Waals surface area contributed by atoms with E-state index in [-0.39, 0.29) is 22.8 Å². The maximum atomic E-state index is 12.6. The maximum absolute atomic E-state index is 12.6. The van der Waals surface area contributed by atoms with Gasteiger partial charge in [-0.05, 0) is 31.5 Å². The molecule has 0 atom stereocenters. The van der Waals surface area contributed by atoms with Crippen LogP contribution < -0.4 is 9.47 Å². The summed E-state index contributed by atoms with van der Waals surface area (Å²) >= 11 is 0. The first-order chi connectivity index (χ1) is 12.2. The van der Waals surface area contributed by atoms with Crippen LogP contribution in [-0.2, 0) is 4.43 Å². The number of aromatic hydroxyl groups is 1. The molecule has 0 saturated heterocycles. The normalized spacial score (nSPS) is 11.0. The van der Waals surface area contributed by atoms with Gasteiger partial charge in [0.1, 0.15) is 0 Å². The number of phenolic OH excluding ortho intramolecular Hbond substituents is 1. The van der Waals surface area contributed by atoms with Crippen LogP contribution in [0.1, 0.15) is 29.3 Å².